The Hall–Kier alpha value is -1.46. The molecule has 1 aromatic carbocycles. The van der Waals surface area contributed by atoms with Crippen LogP contribution < -0.4 is 5.32 Å². The van der Waals surface area contributed by atoms with Crippen LogP contribution in [-0.2, 0) is 0 Å². The van der Waals surface area contributed by atoms with Crippen molar-refractivity contribution in [2.45, 2.75) is 6.92 Å². The van der Waals surface area contributed by atoms with Gasteiger partial charge in [-0.3, -0.25) is 0 Å². The molecule has 1 heterocycles. The lowest BCUT2D eigenvalue weighted by atomic mass is 10.2. The lowest BCUT2D eigenvalue weighted by Crippen LogP contribution is -1.97. The summed E-state index contributed by atoms with van der Waals surface area (Å²) in [5, 5.41) is 6.67. The molecule has 2 rings (SSSR count). The summed E-state index contributed by atoms with van der Waals surface area (Å²) < 4.78 is 1.33. The number of benzene rings is 1. The van der Waals surface area contributed by atoms with Gasteiger partial charge < -0.3 is 5.32 Å². The minimum Gasteiger partial charge on any atom is -0.374 e. The fourth-order valence-corrected chi connectivity index (χ4v) is 2.08. The van der Waals surface area contributed by atoms with Gasteiger partial charge in [-0.2, -0.15) is 0 Å². The molecule has 14 heavy (non-hydrogen) atoms. The van der Waals surface area contributed by atoms with E-state index in [1.807, 2.05) is 6.92 Å². The SMILES string of the molecule is CC#CCNc1ccc2sccc2c1. The van der Waals surface area contributed by atoms with Gasteiger partial charge in [0.05, 0.1) is 6.54 Å². The van der Waals surface area contributed by atoms with Crippen LogP contribution in [0.2, 0.25) is 0 Å². The van der Waals surface area contributed by atoms with E-state index in [2.05, 4.69) is 46.8 Å². The van der Waals surface area contributed by atoms with Crippen LogP contribution in [-0.4, -0.2) is 6.54 Å². The van der Waals surface area contributed by atoms with E-state index in [-0.39, 0.29) is 0 Å². The molecule has 1 aromatic heterocycles. The number of rotatable bonds is 2. The lowest BCUT2D eigenvalue weighted by Gasteiger charge is -2.01. The van der Waals surface area contributed by atoms with Crippen LogP contribution in [0.4, 0.5) is 5.69 Å². The van der Waals surface area contributed by atoms with Crippen molar-refractivity contribution in [3.8, 4) is 11.8 Å². The predicted octanol–water partition coefficient (Wildman–Crippen LogP) is 3.34. The summed E-state index contributed by atoms with van der Waals surface area (Å²) in [6, 6.07) is 8.53. The molecule has 0 atom stereocenters. The van der Waals surface area contributed by atoms with Gasteiger partial charge in [0.2, 0.25) is 0 Å². The fourth-order valence-electron chi connectivity index (χ4n) is 1.31. The molecular weight excluding hydrogens is 190 g/mol. The molecule has 2 heteroatoms. The number of nitrogens with one attached hydrogen (secondary N) is 1. The second kappa shape index (κ2) is 4.17. The van der Waals surface area contributed by atoms with Crippen LogP contribution in [0.15, 0.2) is 29.6 Å². The van der Waals surface area contributed by atoms with Gasteiger partial charge in [-0.05, 0) is 42.0 Å². The zero-order chi connectivity index (χ0) is 9.80. The molecule has 0 aliphatic carbocycles. The van der Waals surface area contributed by atoms with E-state index < -0.39 is 0 Å². The number of anilines is 1. The maximum absolute atomic E-state index is 3.26. The van der Waals surface area contributed by atoms with Crippen molar-refractivity contribution in [1.82, 2.24) is 0 Å². The third-order valence-electron chi connectivity index (χ3n) is 2.01. The Morgan fingerprint density at radius 3 is 3.14 bits per heavy atom. The molecule has 0 aliphatic rings. The first-order chi connectivity index (χ1) is 6.90. The minimum atomic E-state index is 0.714. The average molecular weight is 201 g/mol. The fraction of sp³-hybridized carbons (Fsp3) is 0.167. The molecule has 70 valence electrons. The third kappa shape index (κ3) is 1.89. The zero-order valence-electron chi connectivity index (χ0n) is 8.00. The Balaban J connectivity index is 2.20. The molecule has 0 saturated heterocycles. The normalized spacial score (nSPS) is 9.50. The summed E-state index contributed by atoms with van der Waals surface area (Å²) in [7, 11) is 0. The molecule has 0 bridgehead atoms. The van der Waals surface area contributed by atoms with Crippen LogP contribution in [0.3, 0.4) is 0 Å². The standard InChI is InChI=1S/C12H11NS/c1-2-3-7-13-11-4-5-12-10(9-11)6-8-14-12/h4-6,8-9,13H,7H2,1H3. The van der Waals surface area contributed by atoms with E-state index in [1.54, 1.807) is 11.3 Å². The number of hydrogen-bond donors (Lipinski definition) is 1. The first kappa shape index (κ1) is 9.11. The quantitative estimate of drug-likeness (QED) is 0.735. The molecule has 0 unspecified atom stereocenters. The number of thiophene rings is 1. The van der Waals surface area contributed by atoms with Gasteiger partial charge in [-0.25, -0.2) is 0 Å². The molecule has 0 amide bonds. The molecule has 1 nitrogen and oxygen atoms in total. The summed E-state index contributed by atoms with van der Waals surface area (Å²) >= 11 is 1.77. The molecular formula is C12H11NS. The van der Waals surface area contributed by atoms with Crippen molar-refractivity contribution in [3.63, 3.8) is 0 Å². The summed E-state index contributed by atoms with van der Waals surface area (Å²) in [5.74, 6) is 5.84. The Labute approximate surface area is 87.8 Å². The molecule has 0 fully saturated rings. The van der Waals surface area contributed by atoms with Gasteiger partial charge in [0.1, 0.15) is 0 Å². The first-order valence-electron chi connectivity index (χ1n) is 4.51. The van der Waals surface area contributed by atoms with Gasteiger partial charge in [0.25, 0.3) is 0 Å². The minimum absolute atomic E-state index is 0.714. The highest BCUT2D eigenvalue weighted by molar-refractivity contribution is 7.17. The Bertz CT molecular complexity index is 487. The Kier molecular flexibility index (Phi) is 2.71. The molecule has 0 radical (unpaired) electrons. The monoisotopic (exact) mass is 201 g/mol. The number of fused-ring (bicyclic) bond motifs is 1. The topological polar surface area (TPSA) is 12.0 Å². The smallest absolute Gasteiger partial charge is 0.0765 e. The van der Waals surface area contributed by atoms with E-state index in [9.17, 15) is 0 Å². The summed E-state index contributed by atoms with van der Waals surface area (Å²) in [4.78, 5) is 0. The third-order valence-corrected chi connectivity index (χ3v) is 2.91. The van der Waals surface area contributed by atoms with E-state index in [1.165, 1.54) is 10.1 Å². The van der Waals surface area contributed by atoms with Crippen LogP contribution >= 0.6 is 11.3 Å². The maximum atomic E-state index is 3.26. The molecule has 1 N–H and O–H groups in total. The van der Waals surface area contributed by atoms with Crippen LogP contribution in [0.1, 0.15) is 6.92 Å². The summed E-state index contributed by atoms with van der Waals surface area (Å²) in [6.07, 6.45) is 0. The van der Waals surface area contributed by atoms with Crippen LogP contribution in [0.5, 0.6) is 0 Å². The highest BCUT2D eigenvalue weighted by Crippen LogP contribution is 2.23. The van der Waals surface area contributed by atoms with Gasteiger partial charge in [-0.1, -0.05) is 5.92 Å². The van der Waals surface area contributed by atoms with E-state index in [0.29, 0.717) is 6.54 Å². The molecule has 0 saturated carbocycles. The average Bonchev–Trinajstić information content (AvgIpc) is 2.65. The number of hydrogen-bond acceptors (Lipinski definition) is 2. The van der Waals surface area contributed by atoms with Gasteiger partial charge in [0.15, 0.2) is 0 Å². The van der Waals surface area contributed by atoms with Gasteiger partial charge in [0, 0.05) is 10.4 Å². The second-order valence-electron chi connectivity index (χ2n) is 2.95. The Morgan fingerprint density at radius 2 is 2.29 bits per heavy atom. The largest absolute Gasteiger partial charge is 0.374 e. The van der Waals surface area contributed by atoms with Crippen molar-refractivity contribution >= 4 is 27.1 Å². The second-order valence-corrected chi connectivity index (χ2v) is 3.90. The van der Waals surface area contributed by atoms with Crippen molar-refractivity contribution in [2.75, 3.05) is 11.9 Å². The predicted molar refractivity (Wildman–Crippen MR) is 63.8 cm³/mol. The lowest BCUT2D eigenvalue weighted by molar-refractivity contribution is 1.39. The highest BCUT2D eigenvalue weighted by Gasteiger charge is 1.95. The van der Waals surface area contributed by atoms with Crippen LogP contribution in [0.25, 0.3) is 10.1 Å². The van der Waals surface area contributed by atoms with Gasteiger partial charge in [-0.15, -0.1) is 17.3 Å². The van der Waals surface area contributed by atoms with E-state index in [4.69, 9.17) is 0 Å². The summed E-state index contributed by atoms with van der Waals surface area (Å²) in [5.41, 5.74) is 1.14. The molecule has 2 aromatic rings. The summed E-state index contributed by atoms with van der Waals surface area (Å²) in [6.45, 7) is 2.57. The van der Waals surface area contributed by atoms with Crippen molar-refractivity contribution in [3.05, 3.63) is 29.6 Å². The first-order valence-corrected chi connectivity index (χ1v) is 5.39. The zero-order valence-corrected chi connectivity index (χ0v) is 8.82. The van der Waals surface area contributed by atoms with E-state index >= 15 is 0 Å². The molecule has 0 aliphatic heterocycles. The highest BCUT2D eigenvalue weighted by atomic mass is 32.1. The van der Waals surface area contributed by atoms with Gasteiger partial charge >= 0.3 is 0 Å². The Morgan fingerprint density at radius 1 is 1.36 bits per heavy atom. The maximum Gasteiger partial charge on any atom is 0.0765 e. The van der Waals surface area contributed by atoms with Crippen LogP contribution in [0, 0.1) is 11.8 Å². The van der Waals surface area contributed by atoms with Crippen molar-refractivity contribution in [1.29, 1.82) is 0 Å². The van der Waals surface area contributed by atoms with Crippen molar-refractivity contribution < 1.29 is 0 Å². The molecule has 0 spiro atoms. The van der Waals surface area contributed by atoms with Crippen molar-refractivity contribution in [2.24, 2.45) is 0 Å². The van der Waals surface area contributed by atoms with E-state index in [0.717, 1.165) is 5.69 Å².